The van der Waals surface area contributed by atoms with Crippen LogP contribution in [0, 0.1) is 11.2 Å². The predicted octanol–water partition coefficient (Wildman–Crippen LogP) is 7.02. The average molecular weight is 553 g/mol. The van der Waals surface area contributed by atoms with Crippen LogP contribution in [-0.4, -0.2) is 36.8 Å². The van der Waals surface area contributed by atoms with E-state index in [2.05, 4.69) is 11.4 Å². The van der Waals surface area contributed by atoms with Crippen LogP contribution in [0.25, 0.3) is 22.0 Å². The third-order valence-electron chi connectivity index (χ3n) is 9.04. The highest BCUT2D eigenvalue weighted by atomic mass is 19.1. The summed E-state index contributed by atoms with van der Waals surface area (Å²) in [6, 6.07) is 22.9. The third kappa shape index (κ3) is 4.62. The molecule has 0 unspecified atom stereocenters. The largest absolute Gasteiger partial charge is 0.489 e. The van der Waals surface area contributed by atoms with Crippen molar-refractivity contribution < 1.29 is 23.4 Å². The summed E-state index contributed by atoms with van der Waals surface area (Å²) in [5.41, 5.74) is 4.52. The fourth-order valence-electron chi connectivity index (χ4n) is 7.10. The number of carbonyl (C=O) groups excluding carboxylic acids is 1. The van der Waals surface area contributed by atoms with Crippen molar-refractivity contribution in [1.82, 2.24) is 4.98 Å². The molecule has 1 N–H and O–H groups in total. The van der Waals surface area contributed by atoms with E-state index < -0.39 is 0 Å². The van der Waals surface area contributed by atoms with Crippen LogP contribution in [0.5, 0.6) is 5.75 Å². The number of ether oxygens (including phenoxy) is 3. The van der Waals surface area contributed by atoms with E-state index in [0.717, 1.165) is 76.8 Å². The van der Waals surface area contributed by atoms with Gasteiger partial charge in [-0.1, -0.05) is 42.5 Å². The summed E-state index contributed by atoms with van der Waals surface area (Å²) in [6.07, 6.45) is 3.99. The summed E-state index contributed by atoms with van der Waals surface area (Å²) < 4.78 is 31.0. The standard InChI is InChI=1S/C34H33FN2O4/c1-39-32(38)33-19-34(20-33,21-33)37-31-30(24-13-15-40-16-14-24)29(23-7-9-25(35)10-8-23)27-12-11-26(17-28(27)36-31)41-18-22-5-3-2-4-6-22/h2-12,17,24H,13-16,18-21H2,1H3,(H,36,37). The Kier molecular flexibility index (Phi) is 6.42. The molecule has 3 aliphatic carbocycles. The molecule has 0 amide bonds. The highest BCUT2D eigenvalue weighted by Crippen LogP contribution is 2.69. The monoisotopic (exact) mass is 552 g/mol. The molecule has 4 aromatic rings. The quantitative estimate of drug-likeness (QED) is 0.237. The summed E-state index contributed by atoms with van der Waals surface area (Å²) >= 11 is 0. The van der Waals surface area contributed by atoms with Gasteiger partial charge < -0.3 is 19.5 Å². The third-order valence-corrected chi connectivity index (χ3v) is 9.04. The molecule has 3 saturated carbocycles. The lowest BCUT2D eigenvalue weighted by molar-refractivity contribution is -0.190. The first-order valence-electron chi connectivity index (χ1n) is 14.3. The van der Waals surface area contributed by atoms with Crippen LogP contribution in [0.1, 0.15) is 49.1 Å². The van der Waals surface area contributed by atoms with Crippen molar-refractivity contribution in [2.45, 2.75) is 50.2 Å². The first-order chi connectivity index (χ1) is 20.0. The van der Waals surface area contributed by atoms with Crippen LogP contribution in [0.15, 0.2) is 72.8 Å². The van der Waals surface area contributed by atoms with Gasteiger partial charge in [0.2, 0.25) is 0 Å². The van der Waals surface area contributed by atoms with Gasteiger partial charge in [-0.05, 0) is 79.0 Å². The number of halogens is 1. The van der Waals surface area contributed by atoms with E-state index in [0.29, 0.717) is 19.8 Å². The molecule has 1 saturated heterocycles. The van der Waals surface area contributed by atoms with Crippen LogP contribution < -0.4 is 10.1 Å². The lowest BCUT2D eigenvalue weighted by Crippen LogP contribution is -2.74. The van der Waals surface area contributed by atoms with Crippen LogP contribution >= 0.6 is 0 Å². The van der Waals surface area contributed by atoms with Gasteiger partial charge in [-0.3, -0.25) is 4.79 Å². The molecule has 210 valence electrons. The molecular formula is C34H33FN2O4. The Bertz CT molecular complexity index is 1580. The Morgan fingerprint density at radius 2 is 1.76 bits per heavy atom. The second-order valence-electron chi connectivity index (χ2n) is 11.8. The highest BCUT2D eigenvalue weighted by Gasteiger charge is 2.72. The molecule has 6 nitrogen and oxygen atoms in total. The molecule has 1 aromatic heterocycles. The fourth-order valence-corrected chi connectivity index (χ4v) is 7.10. The van der Waals surface area contributed by atoms with E-state index >= 15 is 0 Å². The Labute approximate surface area is 238 Å². The number of methoxy groups -OCH3 is 1. The van der Waals surface area contributed by atoms with Crippen molar-refractivity contribution in [2.75, 3.05) is 25.6 Å². The van der Waals surface area contributed by atoms with Gasteiger partial charge in [-0.2, -0.15) is 0 Å². The number of carbonyl (C=O) groups is 1. The zero-order valence-corrected chi connectivity index (χ0v) is 23.1. The van der Waals surface area contributed by atoms with Gasteiger partial charge in [-0.15, -0.1) is 0 Å². The number of nitrogens with one attached hydrogen (secondary N) is 1. The van der Waals surface area contributed by atoms with Crippen molar-refractivity contribution in [2.24, 2.45) is 5.41 Å². The van der Waals surface area contributed by atoms with E-state index in [1.165, 1.54) is 19.2 Å². The molecule has 4 fully saturated rings. The molecule has 0 atom stereocenters. The minimum Gasteiger partial charge on any atom is -0.489 e. The van der Waals surface area contributed by atoms with E-state index in [-0.39, 0.29) is 28.7 Å². The number of rotatable bonds is 8. The maximum absolute atomic E-state index is 14.0. The fraction of sp³-hybridized carbons (Fsp3) is 0.353. The summed E-state index contributed by atoms with van der Waals surface area (Å²) in [5, 5.41) is 4.81. The average Bonchev–Trinajstić information content (AvgIpc) is 2.97. The van der Waals surface area contributed by atoms with Crippen LogP contribution in [0.3, 0.4) is 0 Å². The van der Waals surface area contributed by atoms with Crippen molar-refractivity contribution in [3.63, 3.8) is 0 Å². The van der Waals surface area contributed by atoms with Gasteiger partial charge in [0, 0.05) is 35.8 Å². The number of pyridine rings is 1. The van der Waals surface area contributed by atoms with Crippen molar-refractivity contribution in [3.8, 4) is 16.9 Å². The molecule has 41 heavy (non-hydrogen) atoms. The van der Waals surface area contributed by atoms with Crippen LogP contribution in [0.2, 0.25) is 0 Å². The summed E-state index contributed by atoms with van der Waals surface area (Å²) in [7, 11) is 1.46. The summed E-state index contributed by atoms with van der Waals surface area (Å²) in [6.45, 7) is 1.84. The lowest BCUT2D eigenvalue weighted by atomic mass is 9.39. The minimum absolute atomic E-state index is 0.121. The smallest absolute Gasteiger partial charge is 0.312 e. The topological polar surface area (TPSA) is 69.7 Å². The first-order valence-corrected chi connectivity index (χ1v) is 14.3. The second-order valence-corrected chi connectivity index (χ2v) is 11.8. The number of aromatic nitrogens is 1. The second kappa shape index (κ2) is 10.1. The number of benzene rings is 3. The van der Waals surface area contributed by atoms with Crippen LogP contribution in [-0.2, 0) is 20.9 Å². The number of hydrogen-bond acceptors (Lipinski definition) is 6. The molecule has 2 heterocycles. The summed E-state index contributed by atoms with van der Waals surface area (Å²) in [4.78, 5) is 17.6. The zero-order valence-electron chi connectivity index (χ0n) is 23.1. The van der Waals surface area contributed by atoms with Gasteiger partial charge in [0.05, 0.1) is 18.0 Å². The Hall–Kier alpha value is -3.97. The number of anilines is 1. The normalized spacial score (nSPS) is 23.4. The Morgan fingerprint density at radius 1 is 1.02 bits per heavy atom. The predicted molar refractivity (Wildman–Crippen MR) is 155 cm³/mol. The van der Waals surface area contributed by atoms with Crippen molar-refractivity contribution in [1.29, 1.82) is 0 Å². The van der Waals surface area contributed by atoms with E-state index in [1.54, 1.807) is 0 Å². The molecule has 2 bridgehead atoms. The number of esters is 1. The summed E-state index contributed by atoms with van der Waals surface area (Å²) in [5.74, 6) is 1.42. The van der Waals surface area contributed by atoms with Gasteiger partial charge >= 0.3 is 5.97 Å². The SMILES string of the molecule is COC(=O)C12CC(Nc3nc4cc(OCc5ccccc5)ccc4c(-c4ccc(F)cc4)c3C3CCOCC3)(C1)C2. The molecule has 7 heteroatoms. The number of nitrogens with zero attached hydrogens (tertiary/aromatic N) is 1. The first kappa shape index (κ1) is 26.0. The lowest BCUT2D eigenvalue weighted by Gasteiger charge is -2.68. The maximum Gasteiger partial charge on any atom is 0.312 e. The number of fused-ring (bicyclic) bond motifs is 1. The van der Waals surface area contributed by atoms with E-state index in [4.69, 9.17) is 19.2 Å². The molecule has 8 rings (SSSR count). The zero-order chi connectivity index (χ0) is 28.0. The van der Waals surface area contributed by atoms with Gasteiger partial charge in [0.15, 0.2) is 0 Å². The van der Waals surface area contributed by atoms with Crippen molar-refractivity contribution >= 4 is 22.7 Å². The molecule has 0 radical (unpaired) electrons. The Balaban J connectivity index is 1.33. The molecule has 4 aliphatic rings. The number of hydrogen-bond donors (Lipinski definition) is 1. The van der Waals surface area contributed by atoms with Gasteiger partial charge in [0.25, 0.3) is 0 Å². The van der Waals surface area contributed by atoms with Crippen LogP contribution in [0.4, 0.5) is 10.2 Å². The van der Waals surface area contributed by atoms with Gasteiger partial charge in [0.1, 0.15) is 24.0 Å². The molecule has 3 aromatic carbocycles. The molecular weight excluding hydrogens is 519 g/mol. The van der Waals surface area contributed by atoms with E-state index in [1.807, 2.05) is 54.6 Å². The van der Waals surface area contributed by atoms with Crippen molar-refractivity contribution in [3.05, 3.63) is 89.7 Å². The molecule has 1 aliphatic heterocycles. The minimum atomic E-state index is -0.365. The van der Waals surface area contributed by atoms with E-state index in [9.17, 15) is 9.18 Å². The highest BCUT2D eigenvalue weighted by molar-refractivity contribution is 5.99. The molecule has 0 spiro atoms. The maximum atomic E-state index is 14.0. The van der Waals surface area contributed by atoms with Gasteiger partial charge in [-0.25, -0.2) is 9.37 Å². The Morgan fingerprint density at radius 3 is 2.46 bits per heavy atom.